The van der Waals surface area contributed by atoms with E-state index < -0.39 is 0 Å². The van der Waals surface area contributed by atoms with E-state index in [-0.39, 0.29) is 24.0 Å². The quantitative estimate of drug-likeness (QED) is 0.630. The maximum absolute atomic E-state index is 11.2. The van der Waals surface area contributed by atoms with Gasteiger partial charge < -0.3 is 9.47 Å². The lowest BCUT2D eigenvalue weighted by molar-refractivity contribution is -0.155. The van der Waals surface area contributed by atoms with E-state index in [0.717, 1.165) is 19.3 Å². The van der Waals surface area contributed by atoms with Crippen molar-refractivity contribution in [2.75, 3.05) is 7.11 Å². The molecule has 0 bridgehead atoms. The van der Waals surface area contributed by atoms with Crippen LogP contribution in [0.1, 0.15) is 32.6 Å². The zero-order valence-electron chi connectivity index (χ0n) is 8.62. The lowest BCUT2D eigenvalue weighted by Gasteiger charge is -2.26. The molecule has 1 aliphatic rings. The van der Waals surface area contributed by atoms with Crippen molar-refractivity contribution in [3.8, 4) is 0 Å². The van der Waals surface area contributed by atoms with E-state index in [9.17, 15) is 9.59 Å². The van der Waals surface area contributed by atoms with Crippen molar-refractivity contribution >= 4 is 11.9 Å². The Morgan fingerprint density at radius 1 is 1.29 bits per heavy atom. The molecular formula is C10H16O4. The highest BCUT2D eigenvalue weighted by atomic mass is 16.5. The van der Waals surface area contributed by atoms with Gasteiger partial charge in [0, 0.05) is 6.92 Å². The molecule has 1 aliphatic carbocycles. The number of hydrogen-bond donors (Lipinski definition) is 0. The van der Waals surface area contributed by atoms with Gasteiger partial charge in [0.2, 0.25) is 0 Å². The first-order chi connectivity index (χ1) is 6.63. The predicted molar refractivity (Wildman–Crippen MR) is 49.5 cm³/mol. The van der Waals surface area contributed by atoms with Crippen LogP contribution in [0.5, 0.6) is 0 Å². The van der Waals surface area contributed by atoms with Gasteiger partial charge in [0.15, 0.2) is 0 Å². The van der Waals surface area contributed by atoms with Gasteiger partial charge in [0.25, 0.3) is 0 Å². The molecule has 0 amide bonds. The largest absolute Gasteiger partial charge is 0.469 e. The molecule has 0 unspecified atom stereocenters. The smallest absolute Gasteiger partial charge is 0.308 e. The van der Waals surface area contributed by atoms with E-state index >= 15 is 0 Å². The molecule has 0 spiro atoms. The lowest BCUT2D eigenvalue weighted by atomic mass is 9.87. The van der Waals surface area contributed by atoms with Crippen LogP contribution in [0, 0.1) is 5.92 Å². The van der Waals surface area contributed by atoms with Gasteiger partial charge in [0.05, 0.1) is 13.0 Å². The Morgan fingerprint density at radius 2 is 2.00 bits per heavy atom. The fraction of sp³-hybridized carbons (Fsp3) is 0.800. The molecule has 80 valence electrons. The number of carbonyl (C=O) groups is 2. The highest BCUT2D eigenvalue weighted by Crippen LogP contribution is 2.27. The van der Waals surface area contributed by atoms with Crippen molar-refractivity contribution in [2.45, 2.75) is 38.7 Å². The molecule has 0 aromatic heterocycles. The maximum Gasteiger partial charge on any atom is 0.308 e. The summed E-state index contributed by atoms with van der Waals surface area (Å²) in [6, 6.07) is 0. The summed E-state index contributed by atoms with van der Waals surface area (Å²) >= 11 is 0. The number of methoxy groups -OCH3 is 1. The zero-order valence-corrected chi connectivity index (χ0v) is 8.62. The van der Waals surface area contributed by atoms with E-state index in [2.05, 4.69) is 4.74 Å². The van der Waals surface area contributed by atoms with Crippen LogP contribution in [0.25, 0.3) is 0 Å². The first-order valence-corrected chi connectivity index (χ1v) is 4.88. The molecule has 0 heterocycles. The van der Waals surface area contributed by atoms with Crippen LogP contribution < -0.4 is 0 Å². The topological polar surface area (TPSA) is 52.6 Å². The summed E-state index contributed by atoms with van der Waals surface area (Å²) < 4.78 is 9.73. The van der Waals surface area contributed by atoms with Gasteiger partial charge in [-0.3, -0.25) is 9.59 Å². The maximum atomic E-state index is 11.2. The van der Waals surface area contributed by atoms with Crippen LogP contribution in [0.2, 0.25) is 0 Å². The lowest BCUT2D eigenvalue weighted by Crippen LogP contribution is -2.29. The summed E-state index contributed by atoms with van der Waals surface area (Å²) in [4.78, 5) is 22.0. The minimum absolute atomic E-state index is 0.0990. The molecule has 4 heteroatoms. The van der Waals surface area contributed by atoms with Crippen LogP contribution in [0.3, 0.4) is 0 Å². The van der Waals surface area contributed by atoms with Crippen molar-refractivity contribution in [3.05, 3.63) is 0 Å². The third kappa shape index (κ3) is 3.01. The Hall–Kier alpha value is -1.06. The van der Waals surface area contributed by atoms with Crippen LogP contribution in [0.15, 0.2) is 0 Å². The predicted octanol–water partition coefficient (Wildman–Crippen LogP) is 1.28. The standard InChI is InChI=1S/C10H16O4/c1-7(11)14-9-5-3-4-8(6-9)10(12)13-2/h8-9H,3-6H2,1-2H3/t8-,9+/m0/s1. The average molecular weight is 200 g/mol. The Bertz CT molecular complexity index is 224. The number of ether oxygens (including phenoxy) is 2. The van der Waals surface area contributed by atoms with Crippen LogP contribution in [-0.4, -0.2) is 25.2 Å². The van der Waals surface area contributed by atoms with Crippen LogP contribution in [-0.2, 0) is 19.1 Å². The summed E-state index contributed by atoms with van der Waals surface area (Å²) in [7, 11) is 1.39. The second kappa shape index (κ2) is 4.98. The SMILES string of the molecule is COC(=O)[C@H]1CCC[C@@H](OC(C)=O)C1. The van der Waals surface area contributed by atoms with E-state index in [1.54, 1.807) is 0 Å². The first kappa shape index (κ1) is 11.0. The van der Waals surface area contributed by atoms with E-state index in [1.807, 2.05) is 0 Å². The number of rotatable bonds is 2. The van der Waals surface area contributed by atoms with Gasteiger partial charge >= 0.3 is 11.9 Å². The average Bonchev–Trinajstić information content (AvgIpc) is 2.16. The van der Waals surface area contributed by atoms with Crippen LogP contribution in [0.4, 0.5) is 0 Å². The fourth-order valence-electron chi connectivity index (χ4n) is 1.87. The summed E-state index contributed by atoms with van der Waals surface area (Å²) in [5.74, 6) is -0.569. The molecule has 0 aromatic rings. The van der Waals surface area contributed by atoms with Gasteiger partial charge in [-0.15, -0.1) is 0 Å². The molecule has 0 aromatic carbocycles. The molecule has 1 fully saturated rings. The van der Waals surface area contributed by atoms with Crippen molar-refractivity contribution in [1.29, 1.82) is 0 Å². The van der Waals surface area contributed by atoms with Gasteiger partial charge in [-0.05, 0) is 25.7 Å². The zero-order chi connectivity index (χ0) is 10.6. The van der Waals surface area contributed by atoms with Gasteiger partial charge in [0.1, 0.15) is 6.10 Å². The molecule has 0 aliphatic heterocycles. The Balaban J connectivity index is 2.43. The molecule has 0 radical (unpaired) electrons. The first-order valence-electron chi connectivity index (χ1n) is 4.88. The molecule has 14 heavy (non-hydrogen) atoms. The molecule has 2 atom stereocenters. The summed E-state index contributed by atoms with van der Waals surface area (Å²) in [5.41, 5.74) is 0. The van der Waals surface area contributed by atoms with Crippen molar-refractivity contribution < 1.29 is 19.1 Å². The fourth-order valence-corrected chi connectivity index (χ4v) is 1.87. The Morgan fingerprint density at radius 3 is 2.57 bits per heavy atom. The summed E-state index contributed by atoms with van der Waals surface area (Å²) in [5, 5.41) is 0. The second-order valence-electron chi connectivity index (χ2n) is 3.62. The minimum Gasteiger partial charge on any atom is -0.469 e. The summed E-state index contributed by atoms with van der Waals surface area (Å²) in [6.45, 7) is 1.39. The number of hydrogen-bond acceptors (Lipinski definition) is 4. The molecule has 1 saturated carbocycles. The van der Waals surface area contributed by atoms with Gasteiger partial charge in [-0.2, -0.15) is 0 Å². The van der Waals surface area contributed by atoms with Crippen molar-refractivity contribution in [3.63, 3.8) is 0 Å². The molecule has 1 rings (SSSR count). The van der Waals surface area contributed by atoms with Gasteiger partial charge in [-0.25, -0.2) is 0 Å². The molecule has 0 saturated heterocycles. The van der Waals surface area contributed by atoms with Gasteiger partial charge in [-0.1, -0.05) is 0 Å². The van der Waals surface area contributed by atoms with E-state index in [4.69, 9.17) is 4.74 Å². The third-order valence-electron chi connectivity index (χ3n) is 2.49. The van der Waals surface area contributed by atoms with Crippen molar-refractivity contribution in [1.82, 2.24) is 0 Å². The number of esters is 2. The highest BCUT2D eigenvalue weighted by molar-refractivity contribution is 5.72. The number of carbonyl (C=O) groups excluding carboxylic acids is 2. The Kier molecular flexibility index (Phi) is 3.92. The molecule has 0 N–H and O–H groups in total. The van der Waals surface area contributed by atoms with E-state index in [0.29, 0.717) is 6.42 Å². The van der Waals surface area contributed by atoms with E-state index in [1.165, 1.54) is 14.0 Å². The Labute approximate surface area is 83.6 Å². The molecular weight excluding hydrogens is 184 g/mol. The second-order valence-corrected chi connectivity index (χ2v) is 3.62. The third-order valence-corrected chi connectivity index (χ3v) is 2.49. The normalized spacial score (nSPS) is 26.7. The van der Waals surface area contributed by atoms with Crippen molar-refractivity contribution in [2.24, 2.45) is 5.92 Å². The minimum atomic E-state index is -0.277. The highest BCUT2D eigenvalue weighted by Gasteiger charge is 2.29. The molecule has 4 nitrogen and oxygen atoms in total. The summed E-state index contributed by atoms with van der Waals surface area (Å²) in [6.07, 6.45) is 3.10. The monoisotopic (exact) mass is 200 g/mol. The van der Waals surface area contributed by atoms with Crippen LogP contribution >= 0.6 is 0 Å².